The highest BCUT2D eigenvalue weighted by atomic mass is 32.2. The van der Waals surface area contributed by atoms with Crippen LogP contribution >= 0.6 is 24.4 Å². The molecule has 0 saturated carbocycles. The summed E-state index contributed by atoms with van der Waals surface area (Å²) >= 11 is 5.44. The number of amides is 3. The molecule has 0 aromatic heterocycles. The van der Waals surface area contributed by atoms with Gasteiger partial charge in [0.1, 0.15) is 18.1 Å². The van der Waals surface area contributed by atoms with Gasteiger partial charge in [-0.25, -0.2) is 4.79 Å². The van der Waals surface area contributed by atoms with Crippen LogP contribution in [0.4, 0.5) is 0 Å². The molecule has 0 aliphatic rings. The minimum atomic E-state index is -1.31. The third-order valence-electron chi connectivity index (χ3n) is 3.88. The van der Waals surface area contributed by atoms with Crippen LogP contribution in [-0.2, 0) is 19.2 Å². The molecule has 0 bridgehead atoms. The topological polar surface area (TPSA) is 171 Å². The van der Waals surface area contributed by atoms with E-state index >= 15 is 0 Å². The predicted octanol–water partition coefficient (Wildman–Crippen LogP) is -1.82. The Kier molecular flexibility index (Phi) is 12.9. The lowest BCUT2D eigenvalue weighted by atomic mass is 10.0. The van der Waals surface area contributed by atoms with Crippen LogP contribution in [0.3, 0.4) is 0 Å². The molecule has 0 saturated heterocycles. The first kappa shape index (κ1) is 26.5. The quantitative estimate of drug-likeness (QED) is 0.165. The predicted molar refractivity (Wildman–Crippen MR) is 110 cm³/mol. The number of aliphatic carboxylic acids is 1. The van der Waals surface area contributed by atoms with Crippen molar-refractivity contribution in [3.8, 4) is 0 Å². The van der Waals surface area contributed by atoms with Crippen LogP contribution in [0.15, 0.2) is 0 Å². The first-order valence-corrected chi connectivity index (χ1v) is 10.7. The largest absolute Gasteiger partial charge is 0.480 e. The lowest BCUT2D eigenvalue weighted by Gasteiger charge is -2.24. The summed E-state index contributed by atoms with van der Waals surface area (Å²) in [6.45, 7) is 2.76. The SMILES string of the molecule is CSCC[C@H](NC(=O)[C@H](CS)NC(=O)[C@H](CO)NC(=O)[C@@H](N)C(C)C)C(=O)O. The van der Waals surface area contributed by atoms with E-state index in [1.54, 1.807) is 13.8 Å². The number of nitrogens with one attached hydrogen (secondary N) is 3. The van der Waals surface area contributed by atoms with Gasteiger partial charge in [-0.2, -0.15) is 24.4 Å². The molecule has 12 heteroatoms. The Morgan fingerprint density at radius 1 is 1.00 bits per heavy atom. The van der Waals surface area contributed by atoms with E-state index in [0.717, 1.165) is 0 Å². The highest BCUT2D eigenvalue weighted by Crippen LogP contribution is 2.03. The van der Waals surface area contributed by atoms with Gasteiger partial charge in [-0.1, -0.05) is 13.8 Å². The third kappa shape index (κ3) is 9.13. The molecule has 0 fully saturated rings. The number of thiol groups is 1. The lowest BCUT2D eigenvalue weighted by Crippen LogP contribution is -2.59. The molecule has 162 valence electrons. The molecule has 4 atom stereocenters. The average molecular weight is 439 g/mol. The molecule has 28 heavy (non-hydrogen) atoms. The smallest absolute Gasteiger partial charge is 0.326 e. The second-order valence-electron chi connectivity index (χ2n) is 6.44. The minimum Gasteiger partial charge on any atom is -0.480 e. The van der Waals surface area contributed by atoms with Crippen LogP contribution < -0.4 is 21.7 Å². The molecule has 7 N–H and O–H groups in total. The van der Waals surface area contributed by atoms with Crippen molar-refractivity contribution in [2.75, 3.05) is 24.4 Å². The Morgan fingerprint density at radius 2 is 1.50 bits per heavy atom. The number of carboxylic acids is 1. The second kappa shape index (κ2) is 13.6. The summed E-state index contributed by atoms with van der Waals surface area (Å²) in [7, 11) is 0. The number of rotatable bonds is 13. The molecule has 0 spiro atoms. The Hall–Kier alpha value is -1.50. The zero-order chi connectivity index (χ0) is 21.9. The van der Waals surface area contributed by atoms with Crippen molar-refractivity contribution in [1.82, 2.24) is 16.0 Å². The molecule has 10 nitrogen and oxygen atoms in total. The second-order valence-corrected chi connectivity index (χ2v) is 7.79. The zero-order valence-corrected chi connectivity index (χ0v) is 17.9. The maximum Gasteiger partial charge on any atom is 0.326 e. The van der Waals surface area contributed by atoms with Crippen LogP contribution in [-0.4, -0.2) is 82.4 Å². The average Bonchev–Trinajstić information content (AvgIpc) is 2.65. The zero-order valence-electron chi connectivity index (χ0n) is 16.2. The fourth-order valence-corrected chi connectivity index (χ4v) is 2.73. The van der Waals surface area contributed by atoms with Crippen molar-refractivity contribution in [1.29, 1.82) is 0 Å². The van der Waals surface area contributed by atoms with Crippen LogP contribution in [0.2, 0.25) is 0 Å². The van der Waals surface area contributed by atoms with Crippen molar-refractivity contribution < 1.29 is 29.4 Å². The van der Waals surface area contributed by atoms with E-state index < -0.39 is 54.5 Å². The normalized spacial score (nSPS) is 15.2. The van der Waals surface area contributed by atoms with E-state index in [9.17, 15) is 29.4 Å². The third-order valence-corrected chi connectivity index (χ3v) is 4.89. The Bertz CT molecular complexity index is 549. The number of carboxylic acid groups (broad SMARTS) is 1. The highest BCUT2D eigenvalue weighted by molar-refractivity contribution is 7.98. The van der Waals surface area contributed by atoms with Gasteiger partial charge in [0.15, 0.2) is 0 Å². The highest BCUT2D eigenvalue weighted by Gasteiger charge is 2.29. The van der Waals surface area contributed by atoms with Gasteiger partial charge in [0.25, 0.3) is 0 Å². The summed E-state index contributed by atoms with van der Waals surface area (Å²) in [4.78, 5) is 47.8. The van der Waals surface area contributed by atoms with Gasteiger partial charge in [0, 0.05) is 5.75 Å². The van der Waals surface area contributed by atoms with Crippen LogP contribution in [0.25, 0.3) is 0 Å². The number of nitrogens with two attached hydrogens (primary N) is 1. The van der Waals surface area contributed by atoms with E-state index in [0.29, 0.717) is 5.75 Å². The molecule has 0 aliphatic carbocycles. The Labute approximate surface area is 174 Å². The molecule has 0 rings (SSSR count). The minimum absolute atomic E-state index is 0.107. The van der Waals surface area contributed by atoms with Crippen molar-refractivity contribution in [3.63, 3.8) is 0 Å². The van der Waals surface area contributed by atoms with Crippen molar-refractivity contribution in [3.05, 3.63) is 0 Å². The summed E-state index contributed by atoms with van der Waals surface area (Å²) in [6, 6.07) is -4.41. The van der Waals surface area contributed by atoms with Gasteiger partial charge in [-0.05, 0) is 24.3 Å². The van der Waals surface area contributed by atoms with E-state index in [1.807, 2.05) is 6.26 Å². The van der Waals surface area contributed by atoms with Gasteiger partial charge in [-0.15, -0.1) is 0 Å². The Morgan fingerprint density at radius 3 is 1.93 bits per heavy atom. The summed E-state index contributed by atoms with van der Waals surface area (Å²) in [5, 5.41) is 25.6. The number of carbonyl (C=O) groups excluding carboxylic acids is 3. The van der Waals surface area contributed by atoms with Crippen molar-refractivity contribution in [2.24, 2.45) is 11.7 Å². The molecule has 0 radical (unpaired) electrons. The van der Waals surface area contributed by atoms with E-state index in [-0.39, 0.29) is 18.1 Å². The number of hydrogen-bond donors (Lipinski definition) is 7. The number of hydrogen-bond acceptors (Lipinski definition) is 8. The molecular weight excluding hydrogens is 408 g/mol. The number of aliphatic hydroxyl groups is 1. The first-order valence-electron chi connectivity index (χ1n) is 8.69. The van der Waals surface area contributed by atoms with Crippen LogP contribution in [0.5, 0.6) is 0 Å². The number of thioether (sulfide) groups is 1. The maximum absolute atomic E-state index is 12.3. The number of aliphatic hydroxyl groups excluding tert-OH is 1. The molecule has 0 aromatic carbocycles. The van der Waals surface area contributed by atoms with E-state index in [1.165, 1.54) is 11.8 Å². The summed E-state index contributed by atoms with van der Waals surface area (Å²) < 4.78 is 0. The van der Waals surface area contributed by atoms with Crippen LogP contribution in [0.1, 0.15) is 20.3 Å². The number of carbonyl (C=O) groups is 4. The van der Waals surface area contributed by atoms with Gasteiger partial charge in [-0.3, -0.25) is 14.4 Å². The molecule has 0 aliphatic heterocycles. The van der Waals surface area contributed by atoms with Gasteiger partial charge < -0.3 is 31.9 Å². The summed E-state index contributed by atoms with van der Waals surface area (Å²) in [5.74, 6) is -3.08. The fraction of sp³-hybridized carbons (Fsp3) is 0.750. The van der Waals surface area contributed by atoms with Gasteiger partial charge >= 0.3 is 5.97 Å². The standard InChI is InChI=1S/C16H30N4O6S2/c1-8(2)12(17)15(24)19-10(6-21)13(22)20-11(7-27)14(23)18-9(16(25)26)4-5-28-3/h8-12,21,27H,4-7,17H2,1-3H3,(H,18,23)(H,19,24)(H,20,22)(H,25,26)/t9-,10-,11-,12-/m0/s1. The molecule has 0 aromatic rings. The molecular formula is C16H30N4O6S2. The first-order chi connectivity index (χ1) is 13.1. The van der Waals surface area contributed by atoms with Gasteiger partial charge in [0.05, 0.1) is 12.6 Å². The molecule has 0 unspecified atom stereocenters. The lowest BCUT2D eigenvalue weighted by molar-refractivity contribution is -0.142. The monoisotopic (exact) mass is 438 g/mol. The van der Waals surface area contributed by atoms with Crippen LogP contribution in [0, 0.1) is 5.92 Å². The van der Waals surface area contributed by atoms with E-state index in [4.69, 9.17) is 5.73 Å². The molecule has 3 amide bonds. The van der Waals surface area contributed by atoms with Crippen molar-refractivity contribution >= 4 is 48.1 Å². The fourth-order valence-electron chi connectivity index (χ4n) is 2.00. The van der Waals surface area contributed by atoms with Gasteiger partial charge in [0.2, 0.25) is 17.7 Å². The van der Waals surface area contributed by atoms with Crippen molar-refractivity contribution in [2.45, 2.75) is 44.4 Å². The Balaban J connectivity index is 4.95. The summed E-state index contributed by atoms with van der Waals surface area (Å²) in [6.07, 6.45) is 2.03. The maximum atomic E-state index is 12.3. The molecule has 0 heterocycles. The summed E-state index contributed by atoms with van der Waals surface area (Å²) in [5.41, 5.74) is 5.70. The van der Waals surface area contributed by atoms with E-state index in [2.05, 4.69) is 28.6 Å².